The molecule has 4 N–H and O–H groups in total. The minimum Gasteiger partial charge on any atom is -0.443 e. The minimum absolute atomic E-state index is 0.0269. The van der Waals surface area contributed by atoms with Gasteiger partial charge in [-0.05, 0) is 27.7 Å². The third-order valence-corrected chi connectivity index (χ3v) is 3.14. The Morgan fingerprint density at radius 3 is 1.87 bits per heavy atom. The fourth-order valence-electron chi connectivity index (χ4n) is 1.77. The maximum Gasteiger partial charge on any atom is 0.426 e. The highest BCUT2D eigenvalue weighted by atomic mass is 16.6. The lowest BCUT2D eigenvalue weighted by Gasteiger charge is -2.19. The van der Waals surface area contributed by atoms with Crippen LogP contribution in [-0.2, 0) is 28.6 Å². The van der Waals surface area contributed by atoms with Crippen LogP contribution < -0.4 is 21.5 Å². The van der Waals surface area contributed by atoms with E-state index in [9.17, 15) is 19.2 Å². The van der Waals surface area contributed by atoms with E-state index < -0.39 is 17.6 Å². The first kappa shape index (κ1) is 27.3. The molecule has 11 nitrogen and oxygen atoms in total. The zero-order valence-corrected chi connectivity index (χ0v) is 18.2. The quantitative estimate of drug-likeness (QED) is 0.185. The van der Waals surface area contributed by atoms with Crippen LogP contribution in [0.25, 0.3) is 0 Å². The summed E-state index contributed by atoms with van der Waals surface area (Å²) in [5.41, 5.74) is 4.04. The molecule has 0 aliphatic heterocycles. The first-order chi connectivity index (χ1) is 14.0. The molecule has 0 atom stereocenters. The lowest BCUT2D eigenvalue weighted by Crippen LogP contribution is -2.44. The molecular weight excluding hydrogens is 396 g/mol. The SMILES string of the molecule is C=C(C)C(=O)NCCOCCOCCNC(=O)CCC(=O)NNC(=O)OC(C)(C)C. The Labute approximate surface area is 177 Å². The molecule has 0 aromatic rings. The normalized spacial score (nSPS) is 10.7. The van der Waals surface area contributed by atoms with E-state index in [2.05, 4.69) is 28.1 Å². The number of carbonyl (C=O) groups is 4. The van der Waals surface area contributed by atoms with E-state index in [1.54, 1.807) is 27.7 Å². The maximum atomic E-state index is 11.7. The van der Waals surface area contributed by atoms with Gasteiger partial charge in [0.25, 0.3) is 0 Å². The Morgan fingerprint density at radius 1 is 0.800 bits per heavy atom. The van der Waals surface area contributed by atoms with Gasteiger partial charge in [-0.3, -0.25) is 19.8 Å². The summed E-state index contributed by atoms with van der Waals surface area (Å²) in [6.45, 7) is 12.3. The van der Waals surface area contributed by atoms with Gasteiger partial charge in [0.05, 0.1) is 26.4 Å². The molecule has 0 aromatic heterocycles. The molecule has 30 heavy (non-hydrogen) atoms. The highest BCUT2D eigenvalue weighted by molar-refractivity contribution is 5.92. The van der Waals surface area contributed by atoms with E-state index in [-0.39, 0.29) is 24.7 Å². The summed E-state index contributed by atoms with van der Waals surface area (Å²) in [5.74, 6) is -1.03. The summed E-state index contributed by atoms with van der Waals surface area (Å²) in [6.07, 6.45) is -0.892. The van der Waals surface area contributed by atoms with E-state index in [4.69, 9.17) is 14.2 Å². The molecule has 0 rings (SSSR count). The second-order valence-electron chi connectivity index (χ2n) is 7.29. The number of amides is 4. The van der Waals surface area contributed by atoms with Crippen LogP contribution in [0.5, 0.6) is 0 Å². The van der Waals surface area contributed by atoms with Gasteiger partial charge in [-0.15, -0.1) is 0 Å². The Kier molecular flexibility index (Phi) is 13.9. The highest BCUT2D eigenvalue weighted by Crippen LogP contribution is 2.05. The molecule has 0 aliphatic rings. The fourth-order valence-corrected chi connectivity index (χ4v) is 1.77. The van der Waals surface area contributed by atoms with Crippen molar-refractivity contribution < 1.29 is 33.4 Å². The average Bonchev–Trinajstić information content (AvgIpc) is 2.64. The van der Waals surface area contributed by atoms with Crippen molar-refractivity contribution in [2.45, 2.75) is 46.1 Å². The van der Waals surface area contributed by atoms with Gasteiger partial charge < -0.3 is 24.8 Å². The van der Waals surface area contributed by atoms with Crippen LogP contribution in [-0.4, -0.2) is 68.9 Å². The van der Waals surface area contributed by atoms with E-state index in [1.807, 2.05) is 0 Å². The molecular formula is C19H34N4O7. The molecule has 0 aromatic carbocycles. The van der Waals surface area contributed by atoms with Crippen molar-refractivity contribution in [2.75, 3.05) is 39.5 Å². The summed E-state index contributed by atoms with van der Waals surface area (Å²) in [5, 5.41) is 5.26. The van der Waals surface area contributed by atoms with Crippen molar-refractivity contribution in [1.29, 1.82) is 0 Å². The number of hydrogen-bond donors (Lipinski definition) is 4. The Bertz CT molecular complexity index is 588. The predicted molar refractivity (Wildman–Crippen MR) is 109 cm³/mol. The average molecular weight is 431 g/mol. The Balaban J connectivity index is 3.55. The van der Waals surface area contributed by atoms with Gasteiger partial charge in [-0.2, -0.15) is 0 Å². The molecule has 0 bridgehead atoms. The fraction of sp³-hybridized carbons (Fsp3) is 0.684. The van der Waals surface area contributed by atoms with Crippen molar-refractivity contribution in [3.63, 3.8) is 0 Å². The molecule has 11 heteroatoms. The Hall–Kier alpha value is -2.66. The summed E-state index contributed by atoms with van der Waals surface area (Å²) in [4.78, 5) is 45.9. The summed E-state index contributed by atoms with van der Waals surface area (Å²) in [6, 6.07) is 0. The van der Waals surface area contributed by atoms with Crippen molar-refractivity contribution in [3.8, 4) is 0 Å². The van der Waals surface area contributed by atoms with Crippen molar-refractivity contribution in [1.82, 2.24) is 21.5 Å². The number of rotatable bonds is 13. The van der Waals surface area contributed by atoms with Gasteiger partial charge in [0, 0.05) is 31.5 Å². The molecule has 0 heterocycles. The summed E-state index contributed by atoms with van der Waals surface area (Å²) in [7, 11) is 0. The second-order valence-corrected chi connectivity index (χ2v) is 7.29. The molecule has 4 amide bonds. The highest BCUT2D eigenvalue weighted by Gasteiger charge is 2.16. The summed E-state index contributed by atoms with van der Waals surface area (Å²) >= 11 is 0. The topological polar surface area (TPSA) is 144 Å². The molecule has 0 radical (unpaired) electrons. The van der Waals surface area contributed by atoms with Crippen molar-refractivity contribution in [3.05, 3.63) is 12.2 Å². The Morgan fingerprint density at radius 2 is 1.33 bits per heavy atom. The van der Waals surface area contributed by atoms with Crippen LogP contribution >= 0.6 is 0 Å². The molecule has 0 aliphatic carbocycles. The third kappa shape index (κ3) is 17.4. The van der Waals surface area contributed by atoms with Crippen LogP contribution in [0.15, 0.2) is 12.2 Å². The molecule has 0 saturated carbocycles. The van der Waals surface area contributed by atoms with E-state index in [1.165, 1.54) is 0 Å². The number of ether oxygens (including phenoxy) is 3. The van der Waals surface area contributed by atoms with Gasteiger partial charge >= 0.3 is 6.09 Å². The van der Waals surface area contributed by atoms with E-state index in [0.717, 1.165) is 0 Å². The van der Waals surface area contributed by atoms with Gasteiger partial charge in [-0.25, -0.2) is 10.2 Å². The standard InChI is InChI=1S/C19H34N4O7/c1-14(2)17(26)21-9-11-29-13-12-28-10-8-20-15(24)6-7-16(25)22-23-18(27)30-19(3,4)5/h1,6-13H2,2-5H3,(H,20,24)(H,21,26)(H,22,25)(H,23,27). The van der Waals surface area contributed by atoms with Gasteiger partial charge in [0.1, 0.15) is 5.60 Å². The molecule has 0 saturated heterocycles. The summed E-state index contributed by atoms with van der Waals surface area (Å²) < 4.78 is 15.5. The smallest absolute Gasteiger partial charge is 0.426 e. The maximum absolute atomic E-state index is 11.7. The minimum atomic E-state index is -0.780. The number of nitrogens with one attached hydrogen (secondary N) is 4. The predicted octanol–water partition coefficient (Wildman–Crippen LogP) is 0.164. The van der Waals surface area contributed by atoms with E-state index in [0.29, 0.717) is 45.1 Å². The van der Waals surface area contributed by atoms with Crippen LogP contribution in [0, 0.1) is 0 Å². The first-order valence-electron chi connectivity index (χ1n) is 9.65. The van der Waals surface area contributed by atoms with E-state index >= 15 is 0 Å². The molecule has 0 fully saturated rings. The number of carbonyl (C=O) groups excluding carboxylic acids is 4. The third-order valence-electron chi connectivity index (χ3n) is 3.14. The zero-order chi connectivity index (χ0) is 23.0. The second kappa shape index (κ2) is 15.2. The van der Waals surface area contributed by atoms with Gasteiger partial charge in [0.15, 0.2) is 0 Å². The van der Waals surface area contributed by atoms with Gasteiger partial charge in [0.2, 0.25) is 17.7 Å². The first-order valence-corrected chi connectivity index (χ1v) is 9.65. The van der Waals surface area contributed by atoms with Crippen molar-refractivity contribution >= 4 is 23.8 Å². The number of hydrogen-bond acceptors (Lipinski definition) is 7. The van der Waals surface area contributed by atoms with Crippen LogP contribution in [0.4, 0.5) is 4.79 Å². The largest absolute Gasteiger partial charge is 0.443 e. The molecule has 172 valence electrons. The van der Waals surface area contributed by atoms with Crippen molar-refractivity contribution in [2.24, 2.45) is 0 Å². The monoisotopic (exact) mass is 430 g/mol. The zero-order valence-electron chi connectivity index (χ0n) is 18.2. The van der Waals surface area contributed by atoms with Gasteiger partial charge in [-0.1, -0.05) is 6.58 Å². The molecule has 0 spiro atoms. The van der Waals surface area contributed by atoms with Crippen LogP contribution in [0.1, 0.15) is 40.5 Å². The molecule has 0 unspecified atom stereocenters. The van der Waals surface area contributed by atoms with Crippen LogP contribution in [0.3, 0.4) is 0 Å². The lowest BCUT2D eigenvalue weighted by atomic mass is 10.2. The van der Waals surface area contributed by atoms with Crippen LogP contribution in [0.2, 0.25) is 0 Å². The number of hydrazine groups is 1. The lowest BCUT2D eigenvalue weighted by molar-refractivity contribution is -0.127.